The van der Waals surface area contributed by atoms with Gasteiger partial charge in [-0.25, -0.2) is 0 Å². The van der Waals surface area contributed by atoms with E-state index in [0.29, 0.717) is 0 Å². The molecule has 2 rings (SSSR count). The summed E-state index contributed by atoms with van der Waals surface area (Å²) in [4.78, 5) is 13.5. The van der Waals surface area contributed by atoms with Crippen LogP contribution in [0.5, 0.6) is 0 Å². The van der Waals surface area contributed by atoms with Crippen molar-refractivity contribution in [2.45, 2.75) is 25.5 Å². The first kappa shape index (κ1) is 11.1. The zero-order valence-corrected chi connectivity index (χ0v) is 9.10. The number of aliphatic hydroxyl groups is 1. The largest absolute Gasteiger partial charge is 0.392 e. The molecule has 0 radical (unpaired) electrons. The highest BCUT2D eigenvalue weighted by atomic mass is 16.3. The van der Waals surface area contributed by atoms with Gasteiger partial charge in [0.2, 0.25) is 5.91 Å². The number of hydrogen-bond donors (Lipinski definition) is 2. The van der Waals surface area contributed by atoms with Crippen molar-refractivity contribution in [3.63, 3.8) is 0 Å². The summed E-state index contributed by atoms with van der Waals surface area (Å²) in [5.74, 6) is -0.0111. The molecule has 16 heavy (non-hydrogen) atoms. The van der Waals surface area contributed by atoms with E-state index < -0.39 is 0 Å². The normalized spacial score (nSPS) is 21.2. The highest BCUT2D eigenvalue weighted by Gasteiger charge is 2.26. The van der Waals surface area contributed by atoms with E-state index in [2.05, 4.69) is 0 Å². The molecular formula is C12H16N2O2. The summed E-state index contributed by atoms with van der Waals surface area (Å²) in [7, 11) is 0. The maximum Gasteiger partial charge on any atom is 0.243 e. The molecule has 0 spiro atoms. The number of benzene rings is 1. The smallest absolute Gasteiger partial charge is 0.243 e. The minimum atomic E-state index is -0.369. The molecule has 1 aromatic carbocycles. The topological polar surface area (TPSA) is 66.6 Å². The summed E-state index contributed by atoms with van der Waals surface area (Å²) in [6, 6.07) is 6.97. The summed E-state index contributed by atoms with van der Waals surface area (Å²) in [5, 5.41) is 8.93. The number of carbonyl (C=O) groups is 1. The molecule has 1 atom stereocenters. The highest BCUT2D eigenvalue weighted by molar-refractivity contribution is 5.97. The van der Waals surface area contributed by atoms with Gasteiger partial charge in [0.1, 0.15) is 0 Å². The van der Waals surface area contributed by atoms with Crippen molar-refractivity contribution < 1.29 is 9.90 Å². The van der Waals surface area contributed by atoms with Crippen LogP contribution in [-0.2, 0) is 11.4 Å². The zero-order valence-electron chi connectivity index (χ0n) is 9.10. The van der Waals surface area contributed by atoms with E-state index in [0.717, 1.165) is 30.6 Å². The lowest BCUT2D eigenvalue weighted by atomic mass is 10.0. The van der Waals surface area contributed by atoms with Crippen LogP contribution in [0.3, 0.4) is 0 Å². The number of rotatable bonds is 2. The number of amides is 1. The first-order chi connectivity index (χ1) is 7.72. The molecule has 0 saturated carbocycles. The van der Waals surface area contributed by atoms with E-state index in [4.69, 9.17) is 10.8 Å². The molecule has 1 fully saturated rings. The van der Waals surface area contributed by atoms with Gasteiger partial charge in [-0.05, 0) is 30.5 Å². The molecule has 86 valence electrons. The minimum Gasteiger partial charge on any atom is -0.392 e. The van der Waals surface area contributed by atoms with Crippen LogP contribution in [-0.4, -0.2) is 23.6 Å². The molecule has 0 aliphatic carbocycles. The molecule has 0 aromatic heterocycles. The van der Waals surface area contributed by atoms with Gasteiger partial charge in [0.15, 0.2) is 0 Å². The maximum absolute atomic E-state index is 11.8. The summed E-state index contributed by atoms with van der Waals surface area (Å²) >= 11 is 0. The maximum atomic E-state index is 11.8. The average Bonchev–Trinajstić information content (AvgIpc) is 2.33. The van der Waals surface area contributed by atoms with E-state index in [1.807, 2.05) is 24.3 Å². The van der Waals surface area contributed by atoms with Crippen LogP contribution >= 0.6 is 0 Å². The van der Waals surface area contributed by atoms with E-state index >= 15 is 0 Å². The van der Waals surface area contributed by atoms with E-state index in [1.165, 1.54) is 0 Å². The van der Waals surface area contributed by atoms with Crippen molar-refractivity contribution in [1.29, 1.82) is 0 Å². The fraction of sp³-hybridized carbons (Fsp3) is 0.417. The standard InChI is InChI=1S/C12H16N2O2/c13-11-2-1-7-14(12(11)16)10-5-3-9(8-15)4-6-10/h3-6,11,15H,1-2,7-8,13H2. The first-order valence-corrected chi connectivity index (χ1v) is 5.49. The summed E-state index contributed by atoms with van der Waals surface area (Å²) < 4.78 is 0. The number of hydrogen-bond acceptors (Lipinski definition) is 3. The summed E-state index contributed by atoms with van der Waals surface area (Å²) in [5.41, 5.74) is 7.43. The van der Waals surface area contributed by atoms with E-state index in [9.17, 15) is 4.79 Å². The Morgan fingerprint density at radius 1 is 1.38 bits per heavy atom. The molecule has 4 nitrogen and oxygen atoms in total. The second kappa shape index (κ2) is 4.63. The molecule has 1 saturated heterocycles. The molecule has 1 heterocycles. The lowest BCUT2D eigenvalue weighted by Gasteiger charge is -2.30. The number of anilines is 1. The number of carbonyl (C=O) groups excluding carboxylic acids is 1. The Morgan fingerprint density at radius 2 is 2.06 bits per heavy atom. The van der Waals surface area contributed by atoms with Gasteiger partial charge in [0, 0.05) is 12.2 Å². The SMILES string of the molecule is NC1CCCN(c2ccc(CO)cc2)C1=O. The number of piperidine rings is 1. The Morgan fingerprint density at radius 3 is 2.69 bits per heavy atom. The van der Waals surface area contributed by atoms with Gasteiger partial charge in [-0.1, -0.05) is 12.1 Å². The molecule has 3 N–H and O–H groups in total. The third-order valence-electron chi connectivity index (χ3n) is 2.91. The van der Waals surface area contributed by atoms with Gasteiger partial charge < -0.3 is 15.7 Å². The van der Waals surface area contributed by atoms with Crippen molar-refractivity contribution in [2.24, 2.45) is 5.73 Å². The van der Waals surface area contributed by atoms with Gasteiger partial charge in [-0.15, -0.1) is 0 Å². The van der Waals surface area contributed by atoms with Crippen LogP contribution in [0.1, 0.15) is 18.4 Å². The summed E-state index contributed by atoms with van der Waals surface area (Å²) in [6.45, 7) is 0.749. The lowest BCUT2D eigenvalue weighted by molar-refractivity contribution is -0.120. The Kier molecular flexibility index (Phi) is 3.22. The van der Waals surface area contributed by atoms with Crippen LogP contribution in [0.15, 0.2) is 24.3 Å². The zero-order chi connectivity index (χ0) is 11.5. The fourth-order valence-corrected chi connectivity index (χ4v) is 1.94. The third kappa shape index (κ3) is 2.08. The second-order valence-electron chi connectivity index (χ2n) is 4.06. The molecule has 1 amide bonds. The van der Waals surface area contributed by atoms with Crippen molar-refractivity contribution >= 4 is 11.6 Å². The van der Waals surface area contributed by atoms with Crippen LogP contribution in [0.4, 0.5) is 5.69 Å². The molecule has 4 heteroatoms. The first-order valence-electron chi connectivity index (χ1n) is 5.49. The number of aliphatic hydroxyl groups excluding tert-OH is 1. The molecular weight excluding hydrogens is 204 g/mol. The van der Waals surface area contributed by atoms with Crippen LogP contribution in [0, 0.1) is 0 Å². The summed E-state index contributed by atoms with van der Waals surface area (Å²) in [6.07, 6.45) is 1.71. The third-order valence-corrected chi connectivity index (χ3v) is 2.91. The Labute approximate surface area is 94.7 Å². The van der Waals surface area contributed by atoms with Gasteiger partial charge >= 0.3 is 0 Å². The fourth-order valence-electron chi connectivity index (χ4n) is 1.94. The van der Waals surface area contributed by atoms with Crippen molar-refractivity contribution in [3.8, 4) is 0 Å². The van der Waals surface area contributed by atoms with Crippen LogP contribution in [0.2, 0.25) is 0 Å². The van der Waals surface area contributed by atoms with Crippen molar-refractivity contribution in [3.05, 3.63) is 29.8 Å². The minimum absolute atomic E-state index is 0.0111. The number of nitrogens with two attached hydrogens (primary N) is 1. The quantitative estimate of drug-likeness (QED) is 0.768. The van der Waals surface area contributed by atoms with E-state index in [1.54, 1.807) is 4.90 Å². The predicted molar refractivity (Wildman–Crippen MR) is 61.9 cm³/mol. The second-order valence-corrected chi connectivity index (χ2v) is 4.06. The lowest BCUT2D eigenvalue weighted by Crippen LogP contribution is -2.48. The average molecular weight is 220 g/mol. The Bertz CT molecular complexity index is 375. The Balaban J connectivity index is 2.19. The van der Waals surface area contributed by atoms with Gasteiger partial charge in [0.05, 0.1) is 12.6 Å². The van der Waals surface area contributed by atoms with Crippen LogP contribution in [0.25, 0.3) is 0 Å². The molecule has 0 bridgehead atoms. The molecule has 1 aliphatic rings. The van der Waals surface area contributed by atoms with Crippen LogP contribution < -0.4 is 10.6 Å². The highest BCUT2D eigenvalue weighted by Crippen LogP contribution is 2.20. The number of nitrogens with zero attached hydrogens (tertiary/aromatic N) is 1. The monoisotopic (exact) mass is 220 g/mol. The molecule has 1 unspecified atom stereocenters. The van der Waals surface area contributed by atoms with Gasteiger partial charge in [0.25, 0.3) is 0 Å². The van der Waals surface area contributed by atoms with Crippen molar-refractivity contribution in [2.75, 3.05) is 11.4 Å². The van der Waals surface area contributed by atoms with Crippen molar-refractivity contribution in [1.82, 2.24) is 0 Å². The van der Waals surface area contributed by atoms with E-state index in [-0.39, 0.29) is 18.6 Å². The Hall–Kier alpha value is -1.39. The van der Waals surface area contributed by atoms with Gasteiger partial charge in [-0.3, -0.25) is 4.79 Å². The molecule has 1 aromatic rings. The predicted octanol–water partition coefficient (Wildman–Crippen LogP) is 0.633. The molecule has 1 aliphatic heterocycles. The van der Waals surface area contributed by atoms with Gasteiger partial charge in [-0.2, -0.15) is 0 Å².